The molecule has 1 atom stereocenters. The van der Waals surface area contributed by atoms with Gasteiger partial charge in [-0.3, -0.25) is 9.36 Å². The maximum atomic E-state index is 13.6. The zero-order chi connectivity index (χ0) is 25.4. The Morgan fingerprint density at radius 1 is 1.22 bits per heavy atom. The normalized spacial score (nSPS) is 15.5. The summed E-state index contributed by atoms with van der Waals surface area (Å²) in [5.41, 5.74) is 1.33. The molecule has 5 rings (SSSR count). The number of thiophene rings is 1. The average Bonchev–Trinajstić information content (AvgIpc) is 3.60. The Morgan fingerprint density at radius 2 is 2.06 bits per heavy atom. The molecule has 0 spiro atoms. The molecule has 3 aromatic heterocycles. The van der Waals surface area contributed by atoms with Crippen molar-refractivity contribution in [2.24, 2.45) is 4.99 Å². The molecule has 0 bridgehead atoms. The van der Waals surface area contributed by atoms with E-state index < -0.39 is 18.0 Å². The summed E-state index contributed by atoms with van der Waals surface area (Å²) in [7, 11) is 0. The number of aromatic nitrogens is 1. The molecule has 0 radical (unpaired) electrons. The van der Waals surface area contributed by atoms with Crippen molar-refractivity contribution in [1.82, 2.24) is 4.57 Å². The van der Waals surface area contributed by atoms with Crippen LogP contribution < -0.4 is 14.9 Å². The van der Waals surface area contributed by atoms with Crippen LogP contribution in [0.3, 0.4) is 0 Å². The van der Waals surface area contributed by atoms with E-state index in [1.807, 2.05) is 17.5 Å². The van der Waals surface area contributed by atoms with Gasteiger partial charge in [0.2, 0.25) is 0 Å². The predicted octanol–water partition coefficient (Wildman–Crippen LogP) is 3.82. The van der Waals surface area contributed by atoms with Gasteiger partial charge in [-0.05, 0) is 49.6 Å². The summed E-state index contributed by atoms with van der Waals surface area (Å²) in [5.74, 6) is -0.604. The molecular weight excluding hydrogens is 500 g/mol. The van der Waals surface area contributed by atoms with Gasteiger partial charge < -0.3 is 14.3 Å². The highest BCUT2D eigenvalue weighted by Gasteiger charge is 2.33. The van der Waals surface area contributed by atoms with Gasteiger partial charge in [0.05, 0.1) is 28.0 Å². The number of fused-ring (bicyclic) bond motifs is 1. The fourth-order valence-corrected chi connectivity index (χ4v) is 5.88. The van der Waals surface area contributed by atoms with Crippen molar-refractivity contribution in [3.63, 3.8) is 0 Å². The van der Waals surface area contributed by atoms with Crippen LogP contribution in [-0.2, 0) is 9.53 Å². The summed E-state index contributed by atoms with van der Waals surface area (Å²) in [6.45, 7) is 3.69. The Kier molecular flexibility index (Phi) is 6.29. The average molecular weight is 521 g/mol. The Balaban J connectivity index is 1.60. The van der Waals surface area contributed by atoms with Crippen LogP contribution in [0.4, 0.5) is 0 Å². The number of hydrogen-bond donors (Lipinski definition) is 1. The van der Waals surface area contributed by atoms with Crippen LogP contribution in [0, 0.1) is 0 Å². The smallest absolute Gasteiger partial charge is 0.338 e. The van der Waals surface area contributed by atoms with E-state index in [4.69, 9.17) is 9.15 Å². The van der Waals surface area contributed by atoms with Gasteiger partial charge in [-0.2, -0.15) is 0 Å². The maximum Gasteiger partial charge on any atom is 0.338 e. The molecule has 1 N–H and O–H groups in total. The molecular formula is C26H20N2O6S2. The number of benzene rings is 1. The van der Waals surface area contributed by atoms with Gasteiger partial charge in [0.25, 0.3) is 5.56 Å². The highest BCUT2D eigenvalue weighted by molar-refractivity contribution is 7.10. The summed E-state index contributed by atoms with van der Waals surface area (Å²) in [6, 6.07) is 13.0. The quantitative estimate of drug-likeness (QED) is 0.387. The van der Waals surface area contributed by atoms with E-state index in [-0.39, 0.29) is 17.7 Å². The third-order valence-corrected chi connectivity index (χ3v) is 7.53. The molecule has 4 heterocycles. The van der Waals surface area contributed by atoms with Gasteiger partial charge in [-0.15, -0.1) is 11.3 Å². The lowest BCUT2D eigenvalue weighted by atomic mass is 10.0. The number of carboxylic acids is 1. The van der Waals surface area contributed by atoms with Crippen LogP contribution in [0.2, 0.25) is 0 Å². The topological polar surface area (TPSA) is 111 Å². The lowest BCUT2D eigenvalue weighted by Crippen LogP contribution is -2.39. The number of thiazole rings is 1. The third-order valence-electron chi connectivity index (χ3n) is 5.62. The molecule has 1 aliphatic heterocycles. The molecule has 4 aromatic rings. The van der Waals surface area contributed by atoms with E-state index in [1.165, 1.54) is 39.4 Å². The lowest BCUT2D eigenvalue weighted by Gasteiger charge is -2.23. The van der Waals surface area contributed by atoms with Crippen molar-refractivity contribution in [3.8, 4) is 11.3 Å². The second-order valence-electron chi connectivity index (χ2n) is 7.91. The van der Waals surface area contributed by atoms with Gasteiger partial charge in [-0.25, -0.2) is 14.6 Å². The Hall–Kier alpha value is -4.02. The van der Waals surface area contributed by atoms with Crippen molar-refractivity contribution in [2.45, 2.75) is 19.9 Å². The summed E-state index contributed by atoms with van der Waals surface area (Å²) in [5, 5.41) is 11.1. The van der Waals surface area contributed by atoms with Crippen LogP contribution in [0.25, 0.3) is 17.4 Å². The van der Waals surface area contributed by atoms with E-state index in [0.717, 1.165) is 4.88 Å². The first-order valence-corrected chi connectivity index (χ1v) is 12.7. The van der Waals surface area contributed by atoms with E-state index in [2.05, 4.69) is 4.99 Å². The van der Waals surface area contributed by atoms with E-state index in [9.17, 15) is 19.5 Å². The van der Waals surface area contributed by atoms with Crippen molar-refractivity contribution < 1.29 is 23.8 Å². The highest BCUT2D eigenvalue weighted by Crippen LogP contribution is 2.33. The van der Waals surface area contributed by atoms with Crippen LogP contribution in [0.1, 0.15) is 40.9 Å². The molecule has 0 aliphatic carbocycles. The molecule has 182 valence electrons. The van der Waals surface area contributed by atoms with Gasteiger partial charge in [0.15, 0.2) is 4.80 Å². The zero-order valence-corrected chi connectivity index (χ0v) is 20.9. The standard InChI is InChI=1S/C26H20N2O6S2/c1-3-33-25(32)21-14(2)27-26-28(22(21)19-8-5-11-35-19)23(29)20(36-26)13-17-9-10-18(34-17)15-6-4-7-16(12-15)24(30)31/h4-13,22H,3H2,1-2H3,(H,30,31)/b20-13-/t22-/m1/s1. The first-order valence-electron chi connectivity index (χ1n) is 11.0. The number of carbonyl (C=O) groups is 2. The van der Waals surface area contributed by atoms with Gasteiger partial charge >= 0.3 is 11.9 Å². The molecule has 0 amide bonds. The SMILES string of the molecule is CCOC(=O)C1=C(C)N=c2s/c(=C\c3ccc(-c4cccc(C(=O)O)c4)o3)c(=O)n2[C@@H]1c1cccs1. The number of furan rings is 1. The number of aromatic carboxylic acids is 1. The fourth-order valence-electron chi connectivity index (χ4n) is 4.03. The number of esters is 1. The van der Waals surface area contributed by atoms with E-state index in [0.29, 0.717) is 37.7 Å². The van der Waals surface area contributed by atoms with E-state index >= 15 is 0 Å². The zero-order valence-electron chi connectivity index (χ0n) is 19.3. The number of nitrogens with zero attached hydrogens (tertiary/aromatic N) is 2. The number of hydrogen-bond acceptors (Lipinski definition) is 8. The van der Waals surface area contributed by atoms with Crippen molar-refractivity contribution in [1.29, 1.82) is 0 Å². The first kappa shape index (κ1) is 23.7. The monoisotopic (exact) mass is 520 g/mol. The molecule has 0 unspecified atom stereocenters. The molecule has 1 aromatic carbocycles. The summed E-state index contributed by atoms with van der Waals surface area (Å²) >= 11 is 2.66. The second kappa shape index (κ2) is 9.56. The first-order chi connectivity index (χ1) is 17.4. The molecule has 8 nitrogen and oxygen atoms in total. The second-order valence-corrected chi connectivity index (χ2v) is 9.89. The van der Waals surface area contributed by atoms with Crippen LogP contribution in [-0.4, -0.2) is 28.2 Å². The van der Waals surface area contributed by atoms with Crippen molar-refractivity contribution in [2.75, 3.05) is 6.61 Å². The molecule has 36 heavy (non-hydrogen) atoms. The summed E-state index contributed by atoms with van der Waals surface area (Å²) in [6.07, 6.45) is 1.63. The van der Waals surface area contributed by atoms with Gasteiger partial charge in [-0.1, -0.05) is 29.5 Å². The Bertz CT molecular complexity index is 1690. The fraction of sp³-hybridized carbons (Fsp3) is 0.154. The molecule has 0 saturated carbocycles. The van der Waals surface area contributed by atoms with Crippen LogP contribution in [0.5, 0.6) is 0 Å². The minimum atomic E-state index is -1.03. The number of ether oxygens (including phenoxy) is 1. The van der Waals surface area contributed by atoms with Crippen LogP contribution in [0.15, 0.2) is 79.4 Å². The number of carbonyl (C=O) groups excluding carboxylic acids is 1. The molecule has 0 fully saturated rings. The van der Waals surface area contributed by atoms with Crippen LogP contribution >= 0.6 is 22.7 Å². The van der Waals surface area contributed by atoms with E-state index in [1.54, 1.807) is 44.2 Å². The molecule has 10 heteroatoms. The predicted molar refractivity (Wildman–Crippen MR) is 136 cm³/mol. The highest BCUT2D eigenvalue weighted by atomic mass is 32.1. The van der Waals surface area contributed by atoms with Crippen molar-refractivity contribution in [3.05, 3.63) is 101 Å². The third kappa shape index (κ3) is 4.25. The largest absolute Gasteiger partial charge is 0.478 e. The lowest BCUT2D eigenvalue weighted by molar-refractivity contribution is -0.139. The summed E-state index contributed by atoms with van der Waals surface area (Å²) in [4.78, 5) is 43.5. The number of allylic oxidation sites excluding steroid dienone is 1. The Labute approximate surface area is 212 Å². The number of carboxylic acid groups (broad SMARTS) is 1. The minimum absolute atomic E-state index is 0.153. The molecule has 1 aliphatic rings. The van der Waals surface area contributed by atoms with Gasteiger partial charge in [0, 0.05) is 16.5 Å². The van der Waals surface area contributed by atoms with Gasteiger partial charge in [0.1, 0.15) is 17.6 Å². The minimum Gasteiger partial charge on any atom is -0.478 e. The maximum absolute atomic E-state index is 13.6. The van der Waals surface area contributed by atoms with Crippen molar-refractivity contribution >= 4 is 40.7 Å². The molecule has 0 saturated heterocycles. The Morgan fingerprint density at radius 3 is 2.78 bits per heavy atom. The summed E-state index contributed by atoms with van der Waals surface area (Å²) < 4.78 is 13.1. The number of rotatable bonds is 6.